The maximum absolute atomic E-state index is 11.3. The number of hydrogen-bond donors (Lipinski definition) is 1. The second-order valence-corrected chi connectivity index (χ2v) is 5.39. The molecule has 0 unspecified atom stereocenters. The Labute approximate surface area is 101 Å². The normalized spacial score (nSPS) is 10.8. The summed E-state index contributed by atoms with van der Waals surface area (Å²) < 4.78 is 0. The Hall–Kier alpha value is -1.03. The molecular weight excluding hydrogens is 220 g/mol. The maximum atomic E-state index is 11.3. The van der Waals surface area contributed by atoms with Crippen LogP contribution in [-0.2, 0) is 0 Å². The lowest BCUT2D eigenvalue weighted by molar-refractivity contribution is 0.102. The van der Waals surface area contributed by atoms with Gasteiger partial charge in [-0.1, -0.05) is 13.8 Å². The monoisotopic (exact) mass is 240 g/mol. The van der Waals surface area contributed by atoms with Crippen LogP contribution < -0.4 is 10.6 Å². The predicted molar refractivity (Wildman–Crippen MR) is 71.5 cm³/mol. The standard InChI is InChI=1S/C12H20N2OS/c1-5-14(7-8(2)3)11-6-10(13)12(16-11)9(4)15/h6,8H,5,7,13H2,1-4H3. The van der Waals surface area contributed by atoms with Gasteiger partial charge in [-0.2, -0.15) is 0 Å². The molecule has 0 aliphatic heterocycles. The summed E-state index contributed by atoms with van der Waals surface area (Å²) in [5.41, 5.74) is 6.43. The summed E-state index contributed by atoms with van der Waals surface area (Å²) in [6.07, 6.45) is 0. The van der Waals surface area contributed by atoms with Crippen molar-refractivity contribution in [3.8, 4) is 0 Å². The second-order valence-electron chi connectivity index (χ2n) is 4.36. The number of anilines is 2. The van der Waals surface area contributed by atoms with Gasteiger partial charge in [-0.15, -0.1) is 11.3 Å². The van der Waals surface area contributed by atoms with Crippen LogP contribution in [0.25, 0.3) is 0 Å². The molecule has 0 fully saturated rings. The van der Waals surface area contributed by atoms with Gasteiger partial charge in [-0.3, -0.25) is 4.79 Å². The number of nitrogen functional groups attached to an aromatic ring is 1. The van der Waals surface area contributed by atoms with Gasteiger partial charge in [0.2, 0.25) is 0 Å². The van der Waals surface area contributed by atoms with Crippen LogP contribution in [0.3, 0.4) is 0 Å². The number of thiophene rings is 1. The molecule has 0 amide bonds. The van der Waals surface area contributed by atoms with Crippen LogP contribution in [0.2, 0.25) is 0 Å². The minimum Gasteiger partial charge on any atom is -0.397 e. The molecular formula is C12H20N2OS. The average Bonchev–Trinajstić information content (AvgIpc) is 2.56. The molecule has 0 spiro atoms. The molecule has 0 saturated heterocycles. The number of ketones is 1. The van der Waals surface area contributed by atoms with Gasteiger partial charge in [-0.05, 0) is 18.9 Å². The van der Waals surface area contributed by atoms with Crippen molar-refractivity contribution in [1.29, 1.82) is 0 Å². The molecule has 0 saturated carbocycles. The summed E-state index contributed by atoms with van der Waals surface area (Å²) >= 11 is 1.49. The lowest BCUT2D eigenvalue weighted by atomic mass is 10.2. The van der Waals surface area contributed by atoms with E-state index in [1.54, 1.807) is 6.92 Å². The van der Waals surface area contributed by atoms with Crippen LogP contribution in [-0.4, -0.2) is 18.9 Å². The Morgan fingerprint density at radius 1 is 1.56 bits per heavy atom. The van der Waals surface area contributed by atoms with E-state index in [0.29, 0.717) is 16.5 Å². The molecule has 0 radical (unpaired) electrons. The van der Waals surface area contributed by atoms with Crippen molar-refractivity contribution in [2.75, 3.05) is 23.7 Å². The highest BCUT2D eigenvalue weighted by atomic mass is 32.1. The van der Waals surface area contributed by atoms with Gasteiger partial charge < -0.3 is 10.6 Å². The smallest absolute Gasteiger partial charge is 0.171 e. The molecule has 0 aliphatic carbocycles. The Balaban J connectivity index is 2.93. The van der Waals surface area contributed by atoms with E-state index in [-0.39, 0.29) is 5.78 Å². The third-order valence-electron chi connectivity index (χ3n) is 2.35. The second kappa shape index (κ2) is 5.34. The molecule has 1 aromatic heterocycles. The largest absolute Gasteiger partial charge is 0.397 e. The minimum absolute atomic E-state index is 0.0503. The molecule has 0 bridgehead atoms. The summed E-state index contributed by atoms with van der Waals surface area (Å²) in [6, 6.07) is 1.91. The van der Waals surface area contributed by atoms with E-state index >= 15 is 0 Å². The van der Waals surface area contributed by atoms with Crippen molar-refractivity contribution in [3.05, 3.63) is 10.9 Å². The van der Waals surface area contributed by atoms with E-state index in [4.69, 9.17) is 5.73 Å². The fourth-order valence-electron chi connectivity index (χ4n) is 1.64. The molecule has 0 aromatic carbocycles. The topological polar surface area (TPSA) is 46.3 Å². The van der Waals surface area contributed by atoms with Crippen molar-refractivity contribution >= 4 is 27.8 Å². The van der Waals surface area contributed by atoms with Crippen molar-refractivity contribution in [3.63, 3.8) is 0 Å². The molecule has 0 atom stereocenters. The molecule has 90 valence electrons. The number of rotatable bonds is 5. The lowest BCUT2D eigenvalue weighted by Crippen LogP contribution is -2.26. The van der Waals surface area contributed by atoms with Crippen molar-refractivity contribution in [2.24, 2.45) is 5.92 Å². The van der Waals surface area contributed by atoms with Gasteiger partial charge in [0.05, 0.1) is 15.6 Å². The van der Waals surface area contributed by atoms with Crippen molar-refractivity contribution in [1.82, 2.24) is 0 Å². The van der Waals surface area contributed by atoms with Crippen LogP contribution in [0.5, 0.6) is 0 Å². The van der Waals surface area contributed by atoms with E-state index in [1.165, 1.54) is 11.3 Å². The van der Waals surface area contributed by atoms with Crippen LogP contribution >= 0.6 is 11.3 Å². The molecule has 2 N–H and O–H groups in total. The third-order valence-corrected chi connectivity index (χ3v) is 3.66. The van der Waals surface area contributed by atoms with E-state index in [9.17, 15) is 4.79 Å². The number of carbonyl (C=O) groups is 1. The summed E-state index contributed by atoms with van der Waals surface area (Å²) in [7, 11) is 0. The highest BCUT2D eigenvalue weighted by Crippen LogP contribution is 2.32. The fraction of sp³-hybridized carbons (Fsp3) is 0.583. The molecule has 3 nitrogen and oxygen atoms in total. The van der Waals surface area contributed by atoms with Gasteiger partial charge in [0.15, 0.2) is 5.78 Å². The van der Waals surface area contributed by atoms with Gasteiger partial charge in [0.25, 0.3) is 0 Å². The van der Waals surface area contributed by atoms with Crippen molar-refractivity contribution in [2.45, 2.75) is 27.7 Å². The molecule has 1 rings (SSSR count). The zero-order valence-electron chi connectivity index (χ0n) is 10.4. The Bertz CT molecular complexity index is 371. The van der Waals surface area contributed by atoms with Crippen LogP contribution in [0.1, 0.15) is 37.4 Å². The Morgan fingerprint density at radius 3 is 2.56 bits per heavy atom. The lowest BCUT2D eigenvalue weighted by Gasteiger charge is -2.22. The minimum atomic E-state index is 0.0503. The Morgan fingerprint density at radius 2 is 2.19 bits per heavy atom. The fourth-order valence-corrected chi connectivity index (χ4v) is 2.69. The van der Waals surface area contributed by atoms with Crippen LogP contribution in [0, 0.1) is 5.92 Å². The first kappa shape index (κ1) is 13.0. The van der Waals surface area contributed by atoms with E-state index in [2.05, 4.69) is 25.7 Å². The third kappa shape index (κ3) is 2.98. The van der Waals surface area contributed by atoms with Crippen LogP contribution in [0.4, 0.5) is 10.7 Å². The van der Waals surface area contributed by atoms with E-state index in [1.807, 2.05) is 6.07 Å². The maximum Gasteiger partial charge on any atom is 0.171 e. The number of Topliss-reactive ketones (excluding diaryl/α,β-unsaturated/α-hetero) is 1. The Kier molecular flexibility index (Phi) is 4.35. The first-order valence-corrected chi connectivity index (χ1v) is 6.42. The number of hydrogen-bond acceptors (Lipinski definition) is 4. The molecule has 0 aliphatic rings. The zero-order chi connectivity index (χ0) is 12.3. The molecule has 16 heavy (non-hydrogen) atoms. The van der Waals surface area contributed by atoms with E-state index in [0.717, 1.165) is 18.1 Å². The predicted octanol–water partition coefficient (Wildman–Crippen LogP) is 3.02. The molecule has 4 heteroatoms. The van der Waals surface area contributed by atoms with Gasteiger partial charge in [0, 0.05) is 20.0 Å². The van der Waals surface area contributed by atoms with Gasteiger partial charge in [-0.25, -0.2) is 0 Å². The quantitative estimate of drug-likeness (QED) is 0.805. The molecule has 1 heterocycles. The van der Waals surface area contributed by atoms with Crippen molar-refractivity contribution < 1.29 is 4.79 Å². The number of carbonyl (C=O) groups excluding carboxylic acids is 1. The molecule has 1 aromatic rings. The summed E-state index contributed by atoms with van der Waals surface area (Å²) in [6.45, 7) is 9.98. The first-order chi connectivity index (χ1) is 7.45. The number of nitrogens with two attached hydrogens (primary N) is 1. The first-order valence-electron chi connectivity index (χ1n) is 5.60. The summed E-state index contributed by atoms with van der Waals surface area (Å²) in [4.78, 5) is 14.3. The van der Waals surface area contributed by atoms with Crippen LogP contribution in [0.15, 0.2) is 6.07 Å². The SMILES string of the molecule is CCN(CC(C)C)c1cc(N)c(C(C)=O)s1. The summed E-state index contributed by atoms with van der Waals surface area (Å²) in [5, 5.41) is 1.10. The van der Waals surface area contributed by atoms with Gasteiger partial charge >= 0.3 is 0 Å². The zero-order valence-corrected chi connectivity index (χ0v) is 11.2. The average molecular weight is 240 g/mol. The highest BCUT2D eigenvalue weighted by Gasteiger charge is 2.14. The van der Waals surface area contributed by atoms with E-state index < -0.39 is 0 Å². The number of nitrogens with zero attached hydrogens (tertiary/aromatic N) is 1. The summed E-state index contributed by atoms with van der Waals surface area (Å²) in [5.74, 6) is 0.651. The van der Waals surface area contributed by atoms with Gasteiger partial charge in [0.1, 0.15) is 0 Å². The highest BCUT2D eigenvalue weighted by molar-refractivity contribution is 7.18.